The first-order chi connectivity index (χ1) is 5.97. The molecule has 1 nitrogen and oxygen atoms in total. The van der Waals surface area contributed by atoms with Gasteiger partial charge in [0.05, 0.1) is 5.69 Å². The van der Waals surface area contributed by atoms with Gasteiger partial charge in [0, 0.05) is 11.8 Å². The Balaban J connectivity index is 0.000000845. The van der Waals surface area contributed by atoms with Crippen molar-refractivity contribution in [3.63, 3.8) is 0 Å². The normalized spacial score (nSPS) is 8.92. The molecular weight excluding hydrogens is 261 g/mol. The second-order valence-corrected chi connectivity index (χ2v) is 2.58. The molecule has 13 heavy (non-hydrogen) atoms. The third kappa shape index (κ3) is 2.59. The Morgan fingerprint density at radius 1 is 0.769 bits per heavy atom. The van der Waals surface area contributed by atoms with E-state index in [1.54, 1.807) is 0 Å². The van der Waals surface area contributed by atoms with Gasteiger partial charge in [-0.25, -0.2) is 0 Å². The van der Waals surface area contributed by atoms with Gasteiger partial charge in [0.1, 0.15) is 0 Å². The van der Waals surface area contributed by atoms with Crippen LogP contribution >= 0.6 is 0 Å². The number of nitrogens with zero attached hydrogens (tertiary/aromatic N) is 1. The minimum atomic E-state index is 0. The summed E-state index contributed by atoms with van der Waals surface area (Å²) in [6, 6.07) is 16.1. The predicted octanol–water partition coefficient (Wildman–Crippen LogP) is 2.37. The maximum absolute atomic E-state index is 4.25. The number of benzene rings is 1. The molecule has 0 saturated carbocycles. The van der Waals surface area contributed by atoms with Crippen LogP contribution in [0.25, 0.3) is 11.3 Å². The van der Waals surface area contributed by atoms with Crippen LogP contribution in [0.4, 0.5) is 0 Å². The van der Waals surface area contributed by atoms with Crippen molar-refractivity contribution in [1.82, 2.24) is 4.98 Å². The molecule has 0 aliphatic rings. The summed E-state index contributed by atoms with van der Waals surface area (Å²) in [5.41, 5.74) is 2.19. The van der Waals surface area contributed by atoms with Gasteiger partial charge in [0.15, 0.2) is 0 Å². The third-order valence-electron chi connectivity index (χ3n) is 1.73. The predicted molar refractivity (Wildman–Crippen MR) is 55.4 cm³/mol. The summed E-state index contributed by atoms with van der Waals surface area (Å²) < 4.78 is 0. The molecule has 0 saturated heterocycles. The van der Waals surface area contributed by atoms with Crippen LogP contribution in [-0.4, -0.2) is 30.8 Å². The number of pyridine rings is 1. The van der Waals surface area contributed by atoms with Crippen molar-refractivity contribution in [3.8, 4) is 11.3 Å². The van der Waals surface area contributed by atoms with Crippen molar-refractivity contribution in [2.75, 3.05) is 0 Å². The summed E-state index contributed by atoms with van der Waals surface area (Å²) >= 11 is 0. The molecule has 0 spiro atoms. The summed E-state index contributed by atoms with van der Waals surface area (Å²) in [7, 11) is 0. The van der Waals surface area contributed by atoms with Gasteiger partial charge in [-0.05, 0) is 12.1 Å². The molecule has 0 fully saturated rings. The Morgan fingerprint density at radius 3 is 2.08 bits per heavy atom. The Kier molecular flexibility index (Phi) is 4.03. The fraction of sp³-hybridized carbons (Fsp3) is 0. The van der Waals surface area contributed by atoms with E-state index in [-0.39, 0.29) is 25.8 Å². The zero-order chi connectivity index (χ0) is 8.23. The summed E-state index contributed by atoms with van der Waals surface area (Å²) in [5.74, 6) is 0. The molecule has 0 N–H and O–H groups in total. The molecule has 58 valence electrons. The van der Waals surface area contributed by atoms with Crippen LogP contribution in [-0.2, 0) is 0 Å². The van der Waals surface area contributed by atoms with E-state index in [1.165, 1.54) is 0 Å². The molecular formula is C11H9InN+3. The second-order valence-electron chi connectivity index (χ2n) is 2.58. The molecule has 1 heterocycles. The quantitative estimate of drug-likeness (QED) is 0.775. The molecule has 2 rings (SSSR count). The van der Waals surface area contributed by atoms with Gasteiger partial charge >= 0.3 is 25.8 Å². The van der Waals surface area contributed by atoms with Crippen molar-refractivity contribution < 1.29 is 0 Å². The van der Waals surface area contributed by atoms with Crippen LogP contribution in [0.3, 0.4) is 0 Å². The van der Waals surface area contributed by atoms with Crippen LogP contribution in [0.2, 0.25) is 0 Å². The average molecular weight is 270 g/mol. The largest absolute Gasteiger partial charge is 3.00 e. The summed E-state index contributed by atoms with van der Waals surface area (Å²) in [5, 5.41) is 0. The molecule has 1 aromatic carbocycles. The summed E-state index contributed by atoms with van der Waals surface area (Å²) in [6.45, 7) is 0. The average Bonchev–Trinajstić information content (AvgIpc) is 2.21. The van der Waals surface area contributed by atoms with E-state index in [2.05, 4.69) is 17.1 Å². The van der Waals surface area contributed by atoms with Crippen molar-refractivity contribution >= 4 is 25.8 Å². The molecule has 0 atom stereocenters. The first kappa shape index (κ1) is 10.3. The van der Waals surface area contributed by atoms with Gasteiger partial charge in [-0.1, -0.05) is 36.4 Å². The van der Waals surface area contributed by atoms with E-state index in [4.69, 9.17) is 0 Å². The van der Waals surface area contributed by atoms with E-state index < -0.39 is 0 Å². The molecule has 2 aromatic rings. The number of hydrogen-bond donors (Lipinski definition) is 0. The second kappa shape index (κ2) is 5.07. The van der Waals surface area contributed by atoms with Gasteiger partial charge in [0.2, 0.25) is 0 Å². The maximum Gasteiger partial charge on any atom is 3.00 e. The number of aromatic nitrogens is 1. The van der Waals surface area contributed by atoms with Gasteiger partial charge in [-0.3, -0.25) is 4.98 Å². The van der Waals surface area contributed by atoms with Crippen LogP contribution < -0.4 is 0 Å². The van der Waals surface area contributed by atoms with Crippen LogP contribution in [0.15, 0.2) is 54.7 Å². The molecule has 0 unspecified atom stereocenters. The standard InChI is InChI=1S/C11H9N.In/c1-2-6-10(7-3-1)11-8-4-5-9-12-11;/h1-9H;/q;+3. The number of hydrogen-bond acceptors (Lipinski definition) is 1. The molecule has 1 aromatic heterocycles. The fourth-order valence-corrected chi connectivity index (χ4v) is 1.14. The van der Waals surface area contributed by atoms with E-state index in [0.29, 0.717) is 0 Å². The van der Waals surface area contributed by atoms with E-state index in [1.807, 2.05) is 42.6 Å². The Hall–Kier alpha value is -0.760. The van der Waals surface area contributed by atoms with Crippen LogP contribution in [0.1, 0.15) is 0 Å². The molecule has 2 heteroatoms. The van der Waals surface area contributed by atoms with E-state index in [0.717, 1.165) is 11.3 Å². The maximum atomic E-state index is 4.25. The minimum absolute atomic E-state index is 0. The Bertz CT molecular complexity index is 307. The summed E-state index contributed by atoms with van der Waals surface area (Å²) in [4.78, 5) is 4.25. The van der Waals surface area contributed by atoms with Crippen molar-refractivity contribution in [1.29, 1.82) is 0 Å². The van der Waals surface area contributed by atoms with Crippen LogP contribution in [0.5, 0.6) is 0 Å². The molecule has 0 aliphatic heterocycles. The van der Waals surface area contributed by atoms with Gasteiger partial charge in [0.25, 0.3) is 0 Å². The van der Waals surface area contributed by atoms with Gasteiger partial charge in [-0.2, -0.15) is 0 Å². The Morgan fingerprint density at radius 2 is 1.46 bits per heavy atom. The molecule has 0 aliphatic carbocycles. The topological polar surface area (TPSA) is 12.9 Å². The zero-order valence-corrected chi connectivity index (χ0v) is 10.5. The monoisotopic (exact) mass is 270 g/mol. The summed E-state index contributed by atoms with van der Waals surface area (Å²) in [6.07, 6.45) is 1.81. The third-order valence-corrected chi connectivity index (χ3v) is 1.73. The van der Waals surface area contributed by atoms with E-state index in [9.17, 15) is 0 Å². The van der Waals surface area contributed by atoms with Gasteiger partial charge < -0.3 is 0 Å². The molecule has 0 bridgehead atoms. The first-order valence-corrected chi connectivity index (χ1v) is 3.93. The van der Waals surface area contributed by atoms with Crippen molar-refractivity contribution in [2.24, 2.45) is 0 Å². The fourth-order valence-electron chi connectivity index (χ4n) is 1.14. The van der Waals surface area contributed by atoms with Crippen molar-refractivity contribution in [2.45, 2.75) is 0 Å². The smallest absolute Gasteiger partial charge is 0.256 e. The minimum Gasteiger partial charge on any atom is -0.256 e. The zero-order valence-electron chi connectivity index (χ0n) is 7.22. The Labute approximate surface area is 96.6 Å². The van der Waals surface area contributed by atoms with E-state index >= 15 is 0 Å². The molecule has 0 amide bonds. The number of rotatable bonds is 1. The van der Waals surface area contributed by atoms with Crippen LogP contribution in [0, 0.1) is 0 Å². The van der Waals surface area contributed by atoms with Gasteiger partial charge in [-0.15, -0.1) is 0 Å². The first-order valence-electron chi connectivity index (χ1n) is 3.93. The molecule has 0 radical (unpaired) electrons. The SMILES string of the molecule is [In+3].c1ccc(-c2ccccn2)cc1. The van der Waals surface area contributed by atoms with Crippen molar-refractivity contribution in [3.05, 3.63) is 54.7 Å².